The molecule has 0 aliphatic carbocycles. The van der Waals surface area contributed by atoms with Crippen LogP contribution in [0.4, 0.5) is 10.3 Å². The van der Waals surface area contributed by atoms with Crippen molar-refractivity contribution in [1.82, 2.24) is 24.7 Å². The molecule has 3 aromatic rings. The van der Waals surface area contributed by atoms with Crippen molar-refractivity contribution in [3.8, 4) is 17.3 Å². The Balaban J connectivity index is 2.13. The molecule has 7 heteroatoms. The van der Waals surface area contributed by atoms with Crippen LogP contribution in [-0.4, -0.2) is 31.8 Å². The smallest absolute Gasteiger partial charge is 0.255 e. The van der Waals surface area contributed by atoms with Gasteiger partial charge in [0, 0.05) is 25.0 Å². The summed E-state index contributed by atoms with van der Waals surface area (Å²) in [6.45, 7) is 1.71. The molecule has 0 aliphatic rings. The number of anilines is 1. The van der Waals surface area contributed by atoms with Crippen LogP contribution in [0.15, 0.2) is 36.7 Å². The van der Waals surface area contributed by atoms with Gasteiger partial charge in [-0.1, -0.05) is 12.1 Å². The van der Waals surface area contributed by atoms with Gasteiger partial charge in [0.15, 0.2) is 5.82 Å². The van der Waals surface area contributed by atoms with Crippen molar-refractivity contribution in [2.45, 2.75) is 6.92 Å². The fraction of sp³-hybridized carbons (Fsp3) is 0.143. The first-order valence-corrected chi connectivity index (χ1v) is 6.38. The lowest BCUT2D eigenvalue weighted by Gasteiger charge is -2.07. The lowest BCUT2D eigenvalue weighted by molar-refractivity contribution is 0.619. The average Bonchev–Trinajstić information content (AvgIpc) is 3.04. The van der Waals surface area contributed by atoms with E-state index in [1.54, 1.807) is 44.6 Å². The summed E-state index contributed by atoms with van der Waals surface area (Å²) in [4.78, 5) is 12.8. The summed E-state index contributed by atoms with van der Waals surface area (Å²) < 4.78 is 15.2. The van der Waals surface area contributed by atoms with Crippen molar-refractivity contribution in [1.29, 1.82) is 0 Å². The fourth-order valence-corrected chi connectivity index (χ4v) is 1.83. The monoisotopic (exact) mass is 284 g/mol. The summed E-state index contributed by atoms with van der Waals surface area (Å²) in [5.41, 5.74) is 1.17. The highest BCUT2D eigenvalue weighted by molar-refractivity contribution is 5.57. The summed E-state index contributed by atoms with van der Waals surface area (Å²) in [7, 11) is 1.71. The quantitative estimate of drug-likeness (QED) is 0.798. The maximum Gasteiger partial charge on any atom is 0.255 e. The van der Waals surface area contributed by atoms with Gasteiger partial charge >= 0.3 is 0 Å². The minimum Gasteiger partial charge on any atom is -0.357 e. The number of benzene rings is 1. The van der Waals surface area contributed by atoms with Crippen molar-refractivity contribution >= 4 is 5.95 Å². The minimum atomic E-state index is -0.292. The molecule has 0 spiro atoms. The summed E-state index contributed by atoms with van der Waals surface area (Å²) in [5, 5.41) is 6.96. The number of nitrogens with zero attached hydrogens (tertiary/aromatic N) is 5. The first-order chi connectivity index (χ1) is 10.2. The molecule has 1 aromatic carbocycles. The molecule has 6 nitrogen and oxygen atoms in total. The molecule has 0 amide bonds. The molecular formula is C14H13FN6. The Morgan fingerprint density at radius 3 is 2.71 bits per heavy atom. The van der Waals surface area contributed by atoms with Gasteiger partial charge in [0.05, 0.1) is 0 Å². The van der Waals surface area contributed by atoms with Gasteiger partial charge in [-0.15, -0.1) is 0 Å². The minimum absolute atomic E-state index is 0.292. The van der Waals surface area contributed by atoms with Crippen LogP contribution in [0.2, 0.25) is 0 Å². The van der Waals surface area contributed by atoms with Gasteiger partial charge in [-0.25, -0.2) is 9.07 Å². The van der Waals surface area contributed by atoms with Gasteiger partial charge in [-0.05, 0) is 24.6 Å². The number of aromatic nitrogens is 5. The highest BCUT2D eigenvalue weighted by Crippen LogP contribution is 2.20. The Labute approximate surface area is 120 Å². The summed E-state index contributed by atoms with van der Waals surface area (Å²) >= 11 is 0. The van der Waals surface area contributed by atoms with Crippen molar-refractivity contribution in [2.24, 2.45) is 0 Å². The second kappa shape index (κ2) is 5.28. The third-order valence-corrected chi connectivity index (χ3v) is 2.99. The number of rotatable bonds is 3. The van der Waals surface area contributed by atoms with Gasteiger partial charge in [0.2, 0.25) is 5.95 Å². The Morgan fingerprint density at radius 1 is 1.19 bits per heavy atom. The summed E-state index contributed by atoms with van der Waals surface area (Å²) in [5.74, 6) is 0.861. The molecule has 2 aromatic heterocycles. The van der Waals surface area contributed by atoms with Gasteiger partial charge < -0.3 is 5.32 Å². The van der Waals surface area contributed by atoms with Crippen LogP contribution in [0.5, 0.6) is 0 Å². The third-order valence-electron chi connectivity index (χ3n) is 2.99. The molecule has 0 unspecified atom stereocenters. The molecule has 2 heterocycles. The fourth-order valence-electron chi connectivity index (χ4n) is 1.83. The van der Waals surface area contributed by atoms with Crippen LogP contribution in [-0.2, 0) is 0 Å². The standard InChI is InChI=1S/C14H13FN6/c1-9-4-5-10(8-11(9)15)12-18-13(16-2)20-14(19-12)21-7-3-6-17-21/h3-8H,1-2H3,(H,16,18,19,20). The molecule has 0 saturated carbocycles. The van der Waals surface area contributed by atoms with E-state index in [1.807, 2.05) is 0 Å². The van der Waals surface area contributed by atoms with E-state index in [2.05, 4.69) is 25.4 Å². The Kier molecular flexibility index (Phi) is 3.31. The second-order valence-corrected chi connectivity index (χ2v) is 4.45. The van der Waals surface area contributed by atoms with Crippen molar-refractivity contribution in [3.63, 3.8) is 0 Å². The van der Waals surface area contributed by atoms with Gasteiger partial charge in [0.25, 0.3) is 5.95 Å². The predicted octanol–water partition coefficient (Wildman–Crippen LogP) is 2.21. The van der Waals surface area contributed by atoms with E-state index in [0.717, 1.165) is 0 Å². The molecule has 0 atom stereocenters. The maximum absolute atomic E-state index is 13.7. The number of hydrogen-bond donors (Lipinski definition) is 1. The van der Waals surface area contributed by atoms with Crippen LogP contribution in [0, 0.1) is 12.7 Å². The van der Waals surface area contributed by atoms with Crippen LogP contribution in [0.1, 0.15) is 5.56 Å². The lowest BCUT2D eigenvalue weighted by atomic mass is 10.1. The number of aryl methyl sites for hydroxylation is 1. The largest absolute Gasteiger partial charge is 0.357 e. The van der Waals surface area contributed by atoms with E-state index in [9.17, 15) is 4.39 Å². The van der Waals surface area contributed by atoms with E-state index in [0.29, 0.717) is 28.8 Å². The van der Waals surface area contributed by atoms with E-state index >= 15 is 0 Å². The topological polar surface area (TPSA) is 68.5 Å². The zero-order valence-electron chi connectivity index (χ0n) is 11.6. The lowest BCUT2D eigenvalue weighted by Crippen LogP contribution is -2.08. The van der Waals surface area contributed by atoms with E-state index in [-0.39, 0.29) is 5.82 Å². The molecule has 106 valence electrons. The summed E-state index contributed by atoms with van der Waals surface area (Å²) in [6.07, 6.45) is 3.36. The highest BCUT2D eigenvalue weighted by atomic mass is 19.1. The molecule has 0 saturated heterocycles. The SMILES string of the molecule is CNc1nc(-c2ccc(C)c(F)c2)nc(-n2cccn2)n1. The Hall–Kier alpha value is -2.83. The number of hydrogen-bond acceptors (Lipinski definition) is 5. The van der Waals surface area contributed by atoms with Crippen LogP contribution < -0.4 is 5.32 Å². The van der Waals surface area contributed by atoms with Crippen LogP contribution in [0.3, 0.4) is 0 Å². The molecule has 21 heavy (non-hydrogen) atoms. The first-order valence-electron chi connectivity index (χ1n) is 6.38. The zero-order valence-corrected chi connectivity index (χ0v) is 11.6. The van der Waals surface area contributed by atoms with Gasteiger partial charge in [-0.2, -0.15) is 20.1 Å². The van der Waals surface area contributed by atoms with E-state index in [4.69, 9.17) is 0 Å². The average molecular weight is 284 g/mol. The molecular weight excluding hydrogens is 271 g/mol. The molecule has 0 fully saturated rings. The Bertz CT molecular complexity index is 769. The predicted molar refractivity (Wildman–Crippen MR) is 76.6 cm³/mol. The zero-order chi connectivity index (χ0) is 14.8. The molecule has 3 rings (SSSR count). The van der Waals surface area contributed by atoms with E-state index in [1.165, 1.54) is 10.7 Å². The maximum atomic E-state index is 13.7. The molecule has 0 aliphatic heterocycles. The first kappa shape index (κ1) is 13.2. The van der Waals surface area contributed by atoms with Crippen LogP contribution in [0.25, 0.3) is 17.3 Å². The van der Waals surface area contributed by atoms with E-state index < -0.39 is 0 Å². The summed E-state index contributed by atoms with van der Waals surface area (Å²) in [6, 6.07) is 6.66. The molecule has 0 radical (unpaired) electrons. The van der Waals surface area contributed by atoms with Crippen molar-refractivity contribution < 1.29 is 4.39 Å². The number of halogens is 1. The Morgan fingerprint density at radius 2 is 2.05 bits per heavy atom. The molecule has 0 bridgehead atoms. The normalized spacial score (nSPS) is 10.6. The van der Waals surface area contributed by atoms with Gasteiger partial charge in [0.1, 0.15) is 5.82 Å². The number of nitrogens with one attached hydrogen (secondary N) is 1. The molecule has 1 N–H and O–H groups in total. The highest BCUT2D eigenvalue weighted by Gasteiger charge is 2.11. The van der Waals surface area contributed by atoms with Crippen molar-refractivity contribution in [3.05, 3.63) is 48.0 Å². The van der Waals surface area contributed by atoms with Crippen LogP contribution >= 0.6 is 0 Å². The van der Waals surface area contributed by atoms with Crippen molar-refractivity contribution in [2.75, 3.05) is 12.4 Å². The van der Waals surface area contributed by atoms with Gasteiger partial charge in [-0.3, -0.25) is 0 Å². The second-order valence-electron chi connectivity index (χ2n) is 4.45. The third kappa shape index (κ3) is 2.58.